The predicted octanol–water partition coefficient (Wildman–Crippen LogP) is 17.4. The molecule has 0 fully saturated rings. The molecule has 0 aliphatic carbocycles. The fourth-order valence-corrected chi connectivity index (χ4v) is 7.97. The quantitative estimate of drug-likeness (QED) is 0.0263. The molecule has 1 atom stereocenters. The second-order valence-electron chi connectivity index (χ2n) is 18.2. The lowest BCUT2D eigenvalue weighted by Crippen LogP contribution is -2.30. The minimum atomic E-state index is -0.760. The Kier molecular flexibility index (Phi) is 48.3. The van der Waals surface area contributed by atoms with E-state index in [1.165, 1.54) is 199 Å². The van der Waals surface area contributed by atoms with Crippen LogP contribution in [0.4, 0.5) is 0 Å². The summed E-state index contributed by atoms with van der Waals surface area (Å²) in [6.07, 6.45) is 55.2. The van der Waals surface area contributed by atoms with Gasteiger partial charge in [0.05, 0.1) is 0 Å². The van der Waals surface area contributed by atoms with Gasteiger partial charge < -0.3 is 14.2 Å². The molecule has 0 spiro atoms. The van der Waals surface area contributed by atoms with Crippen molar-refractivity contribution in [1.82, 2.24) is 0 Å². The van der Waals surface area contributed by atoms with E-state index in [1.54, 1.807) is 0 Å². The molecule has 0 aliphatic rings. The second-order valence-corrected chi connectivity index (χ2v) is 18.2. The van der Waals surface area contributed by atoms with Crippen LogP contribution in [0.2, 0.25) is 0 Å². The van der Waals surface area contributed by atoms with E-state index in [4.69, 9.17) is 14.2 Å². The van der Waals surface area contributed by atoms with Crippen LogP contribution in [0.25, 0.3) is 0 Å². The van der Waals surface area contributed by atoms with Crippen LogP contribution in [0.15, 0.2) is 12.2 Å². The Morgan fingerprint density at radius 3 is 0.833 bits per heavy atom. The van der Waals surface area contributed by atoms with Gasteiger partial charge >= 0.3 is 17.9 Å². The highest BCUT2D eigenvalue weighted by Crippen LogP contribution is 2.16. The van der Waals surface area contributed by atoms with Gasteiger partial charge in [-0.1, -0.05) is 245 Å². The van der Waals surface area contributed by atoms with E-state index in [2.05, 4.69) is 32.9 Å². The van der Waals surface area contributed by atoms with Crippen molar-refractivity contribution in [2.24, 2.45) is 0 Å². The summed E-state index contributed by atoms with van der Waals surface area (Å²) in [5.41, 5.74) is 0. The molecule has 6 nitrogen and oxygen atoms in total. The van der Waals surface area contributed by atoms with Crippen molar-refractivity contribution in [2.45, 2.75) is 303 Å². The maximum atomic E-state index is 12.7. The van der Waals surface area contributed by atoms with Crippen LogP contribution in [-0.2, 0) is 28.6 Å². The monoisotopic (exact) mass is 847 g/mol. The average molecular weight is 847 g/mol. The first-order chi connectivity index (χ1) is 29.5. The minimum Gasteiger partial charge on any atom is -0.462 e. The second kappa shape index (κ2) is 49.8. The highest BCUT2D eigenvalue weighted by atomic mass is 16.6. The predicted molar refractivity (Wildman–Crippen MR) is 256 cm³/mol. The van der Waals surface area contributed by atoms with E-state index in [-0.39, 0.29) is 31.1 Å². The van der Waals surface area contributed by atoms with Crippen LogP contribution in [0.3, 0.4) is 0 Å². The Labute approximate surface area is 373 Å². The summed E-state index contributed by atoms with van der Waals surface area (Å²) in [6, 6.07) is 0. The SMILES string of the molecule is CCCCCCCCCC/C=C\CCCCCCCCCCCCCCCC(=O)OCC(COC(=O)CCCCCCCCCC)OC(=O)CCCCCCCCCCC. The van der Waals surface area contributed by atoms with Gasteiger partial charge in [-0.3, -0.25) is 14.4 Å². The number of hydrogen-bond acceptors (Lipinski definition) is 6. The molecule has 0 aromatic heterocycles. The van der Waals surface area contributed by atoms with Gasteiger partial charge in [0.25, 0.3) is 0 Å². The zero-order chi connectivity index (χ0) is 43.7. The van der Waals surface area contributed by atoms with Crippen molar-refractivity contribution in [3.8, 4) is 0 Å². The van der Waals surface area contributed by atoms with Crippen LogP contribution < -0.4 is 0 Å². The number of hydrogen-bond donors (Lipinski definition) is 0. The van der Waals surface area contributed by atoms with Gasteiger partial charge in [-0.2, -0.15) is 0 Å². The first-order valence-corrected chi connectivity index (χ1v) is 26.7. The van der Waals surface area contributed by atoms with E-state index in [1.807, 2.05) is 0 Å². The number of ether oxygens (including phenoxy) is 3. The third-order valence-electron chi connectivity index (χ3n) is 12.0. The molecule has 0 rings (SSSR count). The largest absolute Gasteiger partial charge is 0.462 e. The number of rotatable bonds is 49. The zero-order valence-corrected chi connectivity index (χ0v) is 40.5. The summed E-state index contributed by atoms with van der Waals surface area (Å²) < 4.78 is 16.7. The molecule has 1 unspecified atom stereocenters. The fraction of sp³-hybridized carbons (Fsp3) is 0.907. The Hall–Kier alpha value is -1.85. The Morgan fingerprint density at radius 1 is 0.317 bits per heavy atom. The molecule has 0 N–H and O–H groups in total. The zero-order valence-electron chi connectivity index (χ0n) is 40.5. The lowest BCUT2D eigenvalue weighted by atomic mass is 10.0. The van der Waals surface area contributed by atoms with Crippen LogP contribution in [0, 0.1) is 0 Å². The topological polar surface area (TPSA) is 78.9 Å². The van der Waals surface area contributed by atoms with Crippen LogP contribution in [-0.4, -0.2) is 37.2 Å². The van der Waals surface area contributed by atoms with Gasteiger partial charge in [0.15, 0.2) is 6.10 Å². The fourth-order valence-electron chi connectivity index (χ4n) is 7.97. The van der Waals surface area contributed by atoms with Gasteiger partial charge in [0.2, 0.25) is 0 Å². The molecule has 0 heterocycles. The molecule has 0 aromatic rings. The summed E-state index contributed by atoms with van der Waals surface area (Å²) in [5.74, 6) is -0.859. The van der Waals surface area contributed by atoms with Gasteiger partial charge in [-0.25, -0.2) is 0 Å². The highest BCUT2D eigenvalue weighted by Gasteiger charge is 2.19. The molecule has 0 radical (unpaired) electrons. The number of esters is 3. The summed E-state index contributed by atoms with van der Waals surface area (Å²) >= 11 is 0. The summed E-state index contributed by atoms with van der Waals surface area (Å²) in [5, 5.41) is 0. The van der Waals surface area contributed by atoms with E-state index in [0.29, 0.717) is 19.3 Å². The minimum absolute atomic E-state index is 0.0653. The molecular formula is C54H102O6. The molecule has 0 aliphatic heterocycles. The van der Waals surface area contributed by atoms with Crippen molar-refractivity contribution in [1.29, 1.82) is 0 Å². The Bertz CT molecular complexity index is 931. The molecule has 354 valence electrons. The third kappa shape index (κ3) is 47.2. The van der Waals surface area contributed by atoms with Crippen molar-refractivity contribution in [3.05, 3.63) is 12.2 Å². The molecule has 0 saturated heterocycles. The summed E-state index contributed by atoms with van der Waals surface area (Å²) in [7, 11) is 0. The van der Waals surface area contributed by atoms with Crippen molar-refractivity contribution >= 4 is 17.9 Å². The first-order valence-electron chi connectivity index (χ1n) is 26.7. The van der Waals surface area contributed by atoms with E-state index in [9.17, 15) is 14.4 Å². The molecule has 0 amide bonds. The lowest BCUT2D eigenvalue weighted by molar-refractivity contribution is -0.167. The molecule has 0 bridgehead atoms. The maximum Gasteiger partial charge on any atom is 0.306 e. The summed E-state index contributed by atoms with van der Waals surface area (Å²) in [6.45, 7) is 6.62. The van der Waals surface area contributed by atoms with Crippen molar-refractivity contribution in [3.63, 3.8) is 0 Å². The highest BCUT2D eigenvalue weighted by molar-refractivity contribution is 5.71. The number of carbonyl (C=O) groups excluding carboxylic acids is 3. The van der Waals surface area contributed by atoms with Gasteiger partial charge in [0.1, 0.15) is 13.2 Å². The first kappa shape index (κ1) is 58.1. The van der Waals surface area contributed by atoms with E-state index < -0.39 is 6.10 Å². The number of unbranched alkanes of at least 4 members (excludes halogenated alkanes) is 36. The van der Waals surface area contributed by atoms with Crippen LogP contribution >= 0.6 is 0 Å². The van der Waals surface area contributed by atoms with Gasteiger partial charge in [-0.15, -0.1) is 0 Å². The smallest absolute Gasteiger partial charge is 0.306 e. The van der Waals surface area contributed by atoms with Gasteiger partial charge in [-0.05, 0) is 44.9 Å². The van der Waals surface area contributed by atoms with Crippen molar-refractivity contribution < 1.29 is 28.6 Å². The van der Waals surface area contributed by atoms with Crippen molar-refractivity contribution in [2.75, 3.05) is 13.2 Å². The van der Waals surface area contributed by atoms with E-state index >= 15 is 0 Å². The standard InChI is InChI=1S/C54H102O6/c1-4-7-10-13-16-19-20-21-22-23-24-25-26-27-28-29-30-31-32-33-34-36-38-41-44-47-53(56)59-50-51(49-58-52(55)46-43-40-37-18-15-12-9-6-3)60-54(57)48-45-42-39-35-17-14-11-8-5-2/h23-24,51H,4-22,25-50H2,1-3H3/b24-23-. The number of carbonyl (C=O) groups is 3. The molecular weight excluding hydrogens is 745 g/mol. The number of allylic oxidation sites excluding steroid dienone is 2. The molecule has 60 heavy (non-hydrogen) atoms. The normalized spacial score (nSPS) is 12.0. The van der Waals surface area contributed by atoms with Crippen LogP contribution in [0.5, 0.6) is 0 Å². The van der Waals surface area contributed by atoms with Crippen LogP contribution in [0.1, 0.15) is 297 Å². The molecule has 6 heteroatoms. The van der Waals surface area contributed by atoms with Gasteiger partial charge in [0, 0.05) is 19.3 Å². The summed E-state index contributed by atoms with van der Waals surface area (Å²) in [4.78, 5) is 37.7. The molecule has 0 aromatic carbocycles. The average Bonchev–Trinajstić information content (AvgIpc) is 3.24. The third-order valence-corrected chi connectivity index (χ3v) is 12.0. The maximum absolute atomic E-state index is 12.7. The van der Waals surface area contributed by atoms with E-state index in [0.717, 1.165) is 57.8 Å². The molecule has 0 saturated carbocycles. The Morgan fingerprint density at radius 2 is 0.550 bits per heavy atom. The Balaban J connectivity index is 4.03. The lowest BCUT2D eigenvalue weighted by Gasteiger charge is -2.18.